The standard InChI is InChI=1S/C7H6N4O2/c8-7(12)13-11-6-4-2-1-3-5(6)9-10-11/h1-4H,(H2,8,12). The number of benzene rings is 1. The van der Waals surface area contributed by atoms with Crippen LogP contribution in [-0.4, -0.2) is 21.3 Å². The fraction of sp³-hybridized carbons (Fsp3) is 0. The molecule has 66 valence electrons. The van der Waals surface area contributed by atoms with Crippen LogP contribution in [0.2, 0.25) is 0 Å². The number of rotatable bonds is 1. The maximum absolute atomic E-state index is 10.4. The van der Waals surface area contributed by atoms with E-state index in [9.17, 15) is 4.79 Å². The minimum absolute atomic E-state index is 0.598. The third-order valence-corrected chi connectivity index (χ3v) is 1.50. The van der Waals surface area contributed by atoms with Gasteiger partial charge < -0.3 is 5.73 Å². The first-order chi connectivity index (χ1) is 6.27. The molecule has 0 aliphatic carbocycles. The highest BCUT2D eigenvalue weighted by molar-refractivity contribution is 5.74. The number of fused-ring (bicyclic) bond motifs is 1. The van der Waals surface area contributed by atoms with Crippen LogP contribution >= 0.6 is 0 Å². The van der Waals surface area contributed by atoms with E-state index >= 15 is 0 Å². The molecule has 2 aromatic rings. The Morgan fingerprint density at radius 1 is 1.46 bits per heavy atom. The van der Waals surface area contributed by atoms with Crippen LogP contribution in [-0.2, 0) is 0 Å². The molecule has 6 nitrogen and oxygen atoms in total. The van der Waals surface area contributed by atoms with Crippen LogP contribution in [0.5, 0.6) is 0 Å². The Kier molecular flexibility index (Phi) is 1.59. The van der Waals surface area contributed by atoms with E-state index in [1.165, 1.54) is 0 Å². The highest BCUT2D eigenvalue weighted by atomic mass is 16.7. The number of carbonyl (C=O) groups is 1. The quantitative estimate of drug-likeness (QED) is 0.620. The molecule has 0 saturated heterocycles. The molecule has 1 heterocycles. The second-order valence-corrected chi connectivity index (χ2v) is 2.36. The molecule has 2 rings (SSSR count). The molecule has 1 aromatic carbocycles. The molecule has 0 aliphatic rings. The first-order valence-corrected chi connectivity index (χ1v) is 3.55. The molecular weight excluding hydrogens is 172 g/mol. The lowest BCUT2D eigenvalue weighted by molar-refractivity contribution is 0.128. The van der Waals surface area contributed by atoms with Crippen LogP contribution in [0, 0.1) is 0 Å². The second kappa shape index (κ2) is 2.74. The number of amides is 1. The van der Waals surface area contributed by atoms with E-state index in [1.54, 1.807) is 18.2 Å². The van der Waals surface area contributed by atoms with Crippen LogP contribution < -0.4 is 10.6 Å². The van der Waals surface area contributed by atoms with Gasteiger partial charge in [-0.1, -0.05) is 17.0 Å². The molecule has 0 unspecified atom stereocenters. The van der Waals surface area contributed by atoms with E-state index in [4.69, 9.17) is 5.73 Å². The van der Waals surface area contributed by atoms with Crippen molar-refractivity contribution in [1.82, 2.24) is 15.2 Å². The Morgan fingerprint density at radius 2 is 2.23 bits per heavy atom. The van der Waals surface area contributed by atoms with Gasteiger partial charge in [-0.15, -0.1) is 5.10 Å². The maximum Gasteiger partial charge on any atom is 0.430 e. The molecule has 0 bridgehead atoms. The molecule has 0 radical (unpaired) electrons. The average molecular weight is 178 g/mol. The molecule has 6 heteroatoms. The van der Waals surface area contributed by atoms with Gasteiger partial charge in [0.2, 0.25) is 0 Å². The van der Waals surface area contributed by atoms with Crippen molar-refractivity contribution < 1.29 is 9.63 Å². The molecule has 2 N–H and O–H groups in total. The lowest BCUT2D eigenvalue weighted by atomic mass is 10.3. The summed E-state index contributed by atoms with van der Waals surface area (Å²) in [5, 5.41) is 7.33. The fourth-order valence-electron chi connectivity index (χ4n) is 1.00. The lowest BCUT2D eigenvalue weighted by Gasteiger charge is -1.97. The first kappa shape index (κ1) is 7.53. The molecule has 1 amide bonds. The third-order valence-electron chi connectivity index (χ3n) is 1.50. The predicted octanol–water partition coefficient (Wildman–Crippen LogP) is -0.0614. The zero-order valence-corrected chi connectivity index (χ0v) is 6.54. The normalized spacial score (nSPS) is 10.2. The third kappa shape index (κ3) is 1.28. The van der Waals surface area contributed by atoms with Crippen molar-refractivity contribution in [3.8, 4) is 0 Å². The number of para-hydroxylation sites is 1. The molecular formula is C7H6N4O2. The number of primary amides is 1. The smallest absolute Gasteiger partial charge is 0.333 e. The summed E-state index contributed by atoms with van der Waals surface area (Å²) in [5.74, 6) is 0. The van der Waals surface area contributed by atoms with E-state index in [2.05, 4.69) is 15.1 Å². The fourth-order valence-corrected chi connectivity index (χ4v) is 1.00. The van der Waals surface area contributed by atoms with Crippen molar-refractivity contribution in [1.29, 1.82) is 0 Å². The number of carbonyl (C=O) groups excluding carboxylic acids is 1. The average Bonchev–Trinajstić information content (AvgIpc) is 2.48. The van der Waals surface area contributed by atoms with Crippen molar-refractivity contribution in [2.75, 3.05) is 0 Å². The summed E-state index contributed by atoms with van der Waals surface area (Å²) >= 11 is 0. The van der Waals surface area contributed by atoms with Gasteiger partial charge in [-0.05, 0) is 17.3 Å². The minimum Gasteiger partial charge on any atom is -0.333 e. The largest absolute Gasteiger partial charge is 0.430 e. The summed E-state index contributed by atoms with van der Waals surface area (Å²) in [6.07, 6.45) is -0.921. The molecule has 0 saturated carbocycles. The van der Waals surface area contributed by atoms with E-state index < -0.39 is 6.09 Å². The van der Waals surface area contributed by atoms with Crippen molar-refractivity contribution in [3.63, 3.8) is 0 Å². The van der Waals surface area contributed by atoms with Gasteiger partial charge >= 0.3 is 6.09 Å². The van der Waals surface area contributed by atoms with Crippen molar-refractivity contribution in [2.45, 2.75) is 0 Å². The van der Waals surface area contributed by atoms with Crippen LogP contribution in [0.4, 0.5) is 4.79 Å². The van der Waals surface area contributed by atoms with E-state index in [1.807, 2.05) is 6.07 Å². The Bertz CT molecular complexity index is 450. The van der Waals surface area contributed by atoms with Gasteiger partial charge in [0, 0.05) is 0 Å². The van der Waals surface area contributed by atoms with Gasteiger partial charge in [0.25, 0.3) is 0 Å². The Labute approximate surface area is 72.8 Å². The number of hydrogen-bond donors (Lipinski definition) is 1. The predicted molar refractivity (Wildman–Crippen MR) is 43.7 cm³/mol. The number of hydrogen-bond acceptors (Lipinski definition) is 4. The van der Waals surface area contributed by atoms with Gasteiger partial charge in [-0.2, -0.15) is 0 Å². The van der Waals surface area contributed by atoms with E-state index in [0.717, 1.165) is 4.85 Å². The summed E-state index contributed by atoms with van der Waals surface area (Å²) in [5.41, 5.74) is 6.07. The number of nitrogens with zero attached hydrogens (tertiary/aromatic N) is 3. The Balaban J connectivity index is 2.51. The Hall–Kier alpha value is -2.11. The molecule has 0 atom stereocenters. The van der Waals surface area contributed by atoms with Gasteiger partial charge in [0.05, 0.1) is 0 Å². The van der Waals surface area contributed by atoms with Crippen molar-refractivity contribution in [2.24, 2.45) is 5.73 Å². The second-order valence-electron chi connectivity index (χ2n) is 2.36. The highest BCUT2D eigenvalue weighted by Crippen LogP contribution is 2.07. The number of nitrogens with two attached hydrogens (primary N) is 1. The topological polar surface area (TPSA) is 83.0 Å². The van der Waals surface area contributed by atoms with Crippen LogP contribution in [0.15, 0.2) is 24.3 Å². The molecule has 1 aromatic heterocycles. The van der Waals surface area contributed by atoms with Gasteiger partial charge in [0.1, 0.15) is 11.0 Å². The lowest BCUT2D eigenvalue weighted by Crippen LogP contribution is -2.26. The van der Waals surface area contributed by atoms with E-state index in [-0.39, 0.29) is 0 Å². The summed E-state index contributed by atoms with van der Waals surface area (Å²) in [7, 11) is 0. The van der Waals surface area contributed by atoms with Gasteiger partial charge in [-0.3, -0.25) is 4.84 Å². The molecule has 13 heavy (non-hydrogen) atoms. The zero-order chi connectivity index (χ0) is 9.26. The SMILES string of the molecule is NC(=O)On1nnc2ccccc21. The number of aromatic nitrogens is 3. The van der Waals surface area contributed by atoms with Crippen molar-refractivity contribution >= 4 is 17.1 Å². The summed E-state index contributed by atoms with van der Waals surface area (Å²) in [6, 6.07) is 7.07. The summed E-state index contributed by atoms with van der Waals surface area (Å²) in [6.45, 7) is 0. The van der Waals surface area contributed by atoms with Crippen LogP contribution in [0.25, 0.3) is 11.0 Å². The molecule has 0 aliphatic heterocycles. The van der Waals surface area contributed by atoms with Crippen molar-refractivity contribution in [3.05, 3.63) is 24.3 Å². The maximum atomic E-state index is 10.4. The van der Waals surface area contributed by atoms with E-state index in [0.29, 0.717) is 11.0 Å². The summed E-state index contributed by atoms with van der Waals surface area (Å²) < 4.78 is 0. The molecule has 0 fully saturated rings. The van der Waals surface area contributed by atoms with Gasteiger partial charge in [-0.25, -0.2) is 4.79 Å². The van der Waals surface area contributed by atoms with Crippen LogP contribution in [0.1, 0.15) is 0 Å². The molecule has 0 spiro atoms. The Morgan fingerprint density at radius 3 is 3.00 bits per heavy atom. The summed E-state index contributed by atoms with van der Waals surface area (Å²) in [4.78, 5) is 16.0. The zero-order valence-electron chi connectivity index (χ0n) is 6.54. The monoisotopic (exact) mass is 178 g/mol. The van der Waals surface area contributed by atoms with Gasteiger partial charge in [0.15, 0.2) is 0 Å². The highest BCUT2D eigenvalue weighted by Gasteiger charge is 2.05. The minimum atomic E-state index is -0.921. The van der Waals surface area contributed by atoms with Crippen LogP contribution in [0.3, 0.4) is 0 Å². The first-order valence-electron chi connectivity index (χ1n) is 3.55.